The van der Waals surface area contributed by atoms with Crippen LogP contribution in [0, 0.1) is 6.92 Å². The highest BCUT2D eigenvalue weighted by molar-refractivity contribution is 6.02. The van der Waals surface area contributed by atoms with Gasteiger partial charge in [0.15, 0.2) is 0 Å². The van der Waals surface area contributed by atoms with Crippen LogP contribution in [0.1, 0.15) is 33.2 Å². The second kappa shape index (κ2) is 5.53. The number of amides is 1. The van der Waals surface area contributed by atoms with E-state index in [1.165, 1.54) is 24.4 Å². The predicted octanol–water partition coefficient (Wildman–Crippen LogP) is 2.88. The minimum Gasteiger partial charge on any atom is -0.318 e. The maximum Gasteiger partial charge on any atom is 0.306 e. The Balaban J connectivity index is 1.97. The van der Waals surface area contributed by atoms with Gasteiger partial charge < -0.3 is 9.69 Å². The zero-order valence-corrected chi connectivity index (χ0v) is 12.4. The monoisotopic (exact) mass is 316 g/mol. The van der Waals surface area contributed by atoms with Crippen molar-refractivity contribution in [3.05, 3.63) is 65.0 Å². The number of fused-ring (bicyclic) bond motifs is 1. The summed E-state index contributed by atoms with van der Waals surface area (Å²) in [4.78, 5) is 28.5. The molecule has 118 valence electrons. The molecule has 0 N–H and O–H groups in total. The van der Waals surface area contributed by atoms with Crippen LogP contribution < -0.4 is 0 Å². The molecule has 1 amide bonds. The molecule has 1 aliphatic heterocycles. The average molecular weight is 316 g/mol. The van der Waals surface area contributed by atoms with E-state index in [0.29, 0.717) is 17.4 Å². The van der Waals surface area contributed by atoms with Gasteiger partial charge in [-0.2, -0.15) is 8.78 Å². The molecule has 1 aromatic carbocycles. The third-order valence-electron chi connectivity index (χ3n) is 3.98. The van der Waals surface area contributed by atoms with Crippen LogP contribution >= 0.6 is 0 Å². The Morgan fingerprint density at radius 3 is 2.70 bits per heavy atom. The maximum atomic E-state index is 14.4. The SMILES string of the molecule is Cc1cccc2c1C(C=O)N(CC(F)(F)c1ccccn1)C2=O. The van der Waals surface area contributed by atoms with Crippen LogP contribution in [-0.4, -0.2) is 28.6 Å². The Labute approximate surface area is 131 Å². The standard InChI is InChI=1S/C17H14F2N2O2/c1-11-5-4-6-12-15(11)13(9-22)21(16(12)23)10-17(18,19)14-7-2-3-8-20-14/h2-9,13H,10H2,1H3. The normalized spacial score (nSPS) is 17.3. The Hall–Kier alpha value is -2.63. The van der Waals surface area contributed by atoms with Gasteiger partial charge in [-0.25, -0.2) is 0 Å². The van der Waals surface area contributed by atoms with E-state index in [4.69, 9.17) is 0 Å². The van der Waals surface area contributed by atoms with E-state index < -0.39 is 30.1 Å². The van der Waals surface area contributed by atoms with Crippen LogP contribution in [0.5, 0.6) is 0 Å². The second-order valence-electron chi connectivity index (χ2n) is 5.47. The van der Waals surface area contributed by atoms with Crippen LogP contribution in [0.15, 0.2) is 42.6 Å². The minimum absolute atomic E-state index is 0.305. The van der Waals surface area contributed by atoms with Crippen LogP contribution in [0.3, 0.4) is 0 Å². The number of aryl methyl sites for hydroxylation is 1. The number of carbonyl (C=O) groups excluding carboxylic acids is 2. The first-order valence-corrected chi connectivity index (χ1v) is 7.11. The van der Waals surface area contributed by atoms with E-state index in [1.54, 1.807) is 25.1 Å². The fourth-order valence-electron chi connectivity index (χ4n) is 2.88. The molecule has 2 heterocycles. The van der Waals surface area contributed by atoms with Gasteiger partial charge >= 0.3 is 5.92 Å². The van der Waals surface area contributed by atoms with Gasteiger partial charge in [-0.15, -0.1) is 0 Å². The molecule has 0 spiro atoms. The first-order chi connectivity index (χ1) is 11.0. The molecular weight excluding hydrogens is 302 g/mol. The lowest BCUT2D eigenvalue weighted by Gasteiger charge is -2.26. The zero-order chi connectivity index (χ0) is 16.6. The molecule has 0 aliphatic carbocycles. The number of benzene rings is 1. The number of aromatic nitrogens is 1. The van der Waals surface area contributed by atoms with Gasteiger partial charge in [0, 0.05) is 11.8 Å². The molecule has 3 rings (SSSR count). The summed E-state index contributed by atoms with van der Waals surface area (Å²) in [5.74, 6) is -3.90. The van der Waals surface area contributed by atoms with E-state index in [2.05, 4.69) is 4.98 Å². The highest BCUT2D eigenvalue weighted by atomic mass is 19.3. The van der Waals surface area contributed by atoms with E-state index in [0.717, 1.165) is 10.5 Å². The molecule has 0 saturated carbocycles. The average Bonchev–Trinajstić information content (AvgIpc) is 2.81. The number of aldehydes is 1. The number of pyridine rings is 1. The molecule has 1 aromatic heterocycles. The molecule has 1 unspecified atom stereocenters. The minimum atomic E-state index is -3.34. The van der Waals surface area contributed by atoms with Crippen LogP contribution in [0.4, 0.5) is 8.78 Å². The Bertz CT molecular complexity index is 762. The highest BCUT2D eigenvalue weighted by Gasteiger charge is 2.44. The summed E-state index contributed by atoms with van der Waals surface area (Å²) >= 11 is 0. The fourth-order valence-corrected chi connectivity index (χ4v) is 2.88. The lowest BCUT2D eigenvalue weighted by Crippen LogP contribution is -2.38. The number of hydrogen-bond acceptors (Lipinski definition) is 3. The zero-order valence-electron chi connectivity index (χ0n) is 12.4. The summed E-state index contributed by atoms with van der Waals surface area (Å²) < 4.78 is 28.9. The van der Waals surface area contributed by atoms with Crippen LogP contribution in [0.2, 0.25) is 0 Å². The molecule has 0 saturated heterocycles. The van der Waals surface area contributed by atoms with Crippen LogP contribution in [0.25, 0.3) is 0 Å². The van der Waals surface area contributed by atoms with Crippen molar-refractivity contribution in [2.75, 3.05) is 6.54 Å². The summed E-state index contributed by atoms with van der Waals surface area (Å²) in [6.45, 7) is 0.864. The fraction of sp³-hybridized carbons (Fsp3) is 0.235. The summed E-state index contributed by atoms with van der Waals surface area (Å²) in [5, 5.41) is 0. The lowest BCUT2D eigenvalue weighted by molar-refractivity contribution is -0.113. The van der Waals surface area contributed by atoms with E-state index in [9.17, 15) is 18.4 Å². The van der Waals surface area contributed by atoms with Crippen molar-refractivity contribution < 1.29 is 18.4 Å². The van der Waals surface area contributed by atoms with Crippen molar-refractivity contribution in [1.82, 2.24) is 9.88 Å². The quantitative estimate of drug-likeness (QED) is 0.815. The predicted molar refractivity (Wildman–Crippen MR) is 79.2 cm³/mol. The molecule has 4 nitrogen and oxygen atoms in total. The topological polar surface area (TPSA) is 50.3 Å². The molecular formula is C17H14F2N2O2. The number of hydrogen-bond donors (Lipinski definition) is 0. The lowest BCUT2D eigenvalue weighted by atomic mass is 10.00. The first kappa shape index (κ1) is 15.3. The Kier molecular flexibility index (Phi) is 3.67. The molecule has 0 fully saturated rings. The molecule has 6 heteroatoms. The second-order valence-corrected chi connectivity index (χ2v) is 5.47. The molecule has 1 aliphatic rings. The van der Waals surface area contributed by atoms with Crippen molar-refractivity contribution in [3.63, 3.8) is 0 Å². The van der Waals surface area contributed by atoms with E-state index in [-0.39, 0.29) is 0 Å². The summed E-state index contributed by atoms with van der Waals surface area (Å²) in [7, 11) is 0. The Morgan fingerprint density at radius 1 is 1.26 bits per heavy atom. The van der Waals surface area contributed by atoms with Gasteiger partial charge in [0.1, 0.15) is 18.0 Å². The summed E-state index contributed by atoms with van der Waals surface area (Å²) in [6, 6.07) is 8.19. The van der Waals surface area contributed by atoms with Gasteiger partial charge in [-0.3, -0.25) is 9.78 Å². The van der Waals surface area contributed by atoms with Gasteiger partial charge in [0.05, 0.1) is 6.54 Å². The van der Waals surface area contributed by atoms with Crippen LogP contribution in [-0.2, 0) is 10.7 Å². The number of carbonyl (C=O) groups is 2. The molecule has 2 aromatic rings. The van der Waals surface area contributed by atoms with E-state index >= 15 is 0 Å². The number of rotatable bonds is 4. The number of alkyl halides is 2. The smallest absolute Gasteiger partial charge is 0.306 e. The number of halogens is 2. The van der Waals surface area contributed by atoms with Crippen molar-refractivity contribution in [1.29, 1.82) is 0 Å². The van der Waals surface area contributed by atoms with Gasteiger partial charge in [0.2, 0.25) is 0 Å². The van der Waals surface area contributed by atoms with E-state index in [1.807, 2.05) is 0 Å². The molecule has 0 bridgehead atoms. The molecule has 23 heavy (non-hydrogen) atoms. The molecule has 1 atom stereocenters. The van der Waals surface area contributed by atoms with Crippen molar-refractivity contribution in [3.8, 4) is 0 Å². The van der Waals surface area contributed by atoms with Crippen molar-refractivity contribution in [2.45, 2.75) is 18.9 Å². The number of nitrogens with zero attached hydrogens (tertiary/aromatic N) is 2. The summed E-state index contributed by atoms with van der Waals surface area (Å²) in [6.07, 6.45) is 1.80. The van der Waals surface area contributed by atoms with Crippen molar-refractivity contribution >= 4 is 12.2 Å². The molecule has 0 radical (unpaired) electrons. The largest absolute Gasteiger partial charge is 0.318 e. The van der Waals surface area contributed by atoms with Gasteiger partial charge in [-0.1, -0.05) is 18.2 Å². The van der Waals surface area contributed by atoms with Crippen molar-refractivity contribution in [2.24, 2.45) is 0 Å². The maximum absolute atomic E-state index is 14.4. The summed E-state index contributed by atoms with van der Waals surface area (Å²) in [5.41, 5.74) is 1.12. The third kappa shape index (κ3) is 2.50. The highest BCUT2D eigenvalue weighted by Crippen LogP contribution is 2.38. The van der Waals surface area contributed by atoms with Gasteiger partial charge in [-0.05, 0) is 36.2 Å². The van der Waals surface area contributed by atoms with Gasteiger partial charge in [0.25, 0.3) is 5.91 Å². The first-order valence-electron chi connectivity index (χ1n) is 7.11. The third-order valence-corrected chi connectivity index (χ3v) is 3.98. The Morgan fingerprint density at radius 2 is 2.04 bits per heavy atom.